The van der Waals surface area contributed by atoms with Gasteiger partial charge in [-0.3, -0.25) is 4.79 Å². The lowest BCUT2D eigenvalue weighted by Crippen LogP contribution is -2.31. The van der Waals surface area contributed by atoms with Crippen LogP contribution >= 0.6 is 0 Å². The van der Waals surface area contributed by atoms with E-state index in [4.69, 9.17) is 0 Å². The van der Waals surface area contributed by atoms with Crippen LogP contribution in [0.3, 0.4) is 0 Å². The first-order valence-electron chi connectivity index (χ1n) is 8.30. The Balaban J connectivity index is 1.60. The smallest absolute Gasteiger partial charge is 0.140 e. The van der Waals surface area contributed by atoms with E-state index in [-0.39, 0.29) is 0 Å². The molecule has 0 bridgehead atoms. The minimum atomic E-state index is 0.342. The van der Waals surface area contributed by atoms with Crippen LogP contribution in [0, 0.1) is 24.7 Å². The van der Waals surface area contributed by atoms with Crippen LogP contribution in [0.1, 0.15) is 56.1 Å². The van der Waals surface area contributed by atoms with Crippen molar-refractivity contribution < 1.29 is 4.79 Å². The fourth-order valence-corrected chi connectivity index (χ4v) is 4.33. The molecule has 2 fully saturated rings. The zero-order chi connectivity index (χ0) is 13.9. The summed E-state index contributed by atoms with van der Waals surface area (Å²) in [5.74, 6) is 2.62. The molecule has 0 aliphatic heterocycles. The van der Waals surface area contributed by atoms with Gasteiger partial charge in [0.25, 0.3) is 0 Å². The Hall–Kier alpha value is -1.11. The molecule has 1 aromatic carbocycles. The van der Waals surface area contributed by atoms with Crippen LogP contribution in [-0.2, 0) is 11.2 Å². The molecule has 3 rings (SSSR count). The molecule has 2 aliphatic carbocycles. The first-order chi connectivity index (χ1) is 9.72. The lowest BCUT2D eigenvalue weighted by atomic mass is 9.66. The van der Waals surface area contributed by atoms with E-state index in [1.807, 2.05) is 0 Å². The molecule has 2 aliphatic rings. The second-order valence-corrected chi connectivity index (χ2v) is 6.95. The van der Waals surface area contributed by atoms with E-state index in [0.29, 0.717) is 18.1 Å². The van der Waals surface area contributed by atoms with Crippen LogP contribution in [0.2, 0.25) is 0 Å². The summed E-state index contributed by atoms with van der Waals surface area (Å²) in [6, 6.07) is 8.42. The van der Waals surface area contributed by atoms with Crippen molar-refractivity contribution in [1.29, 1.82) is 0 Å². The number of hydrogen-bond donors (Lipinski definition) is 0. The SMILES string of the molecule is Cc1cccc(CC(=O)C2CCC3CCCCC3C2)c1. The summed E-state index contributed by atoms with van der Waals surface area (Å²) in [6.45, 7) is 2.10. The first kappa shape index (κ1) is 13.9. The molecule has 1 aromatic rings. The number of carbonyl (C=O) groups excluding carboxylic acids is 1. The molecule has 1 nitrogen and oxygen atoms in total. The van der Waals surface area contributed by atoms with Crippen LogP contribution in [0.4, 0.5) is 0 Å². The van der Waals surface area contributed by atoms with Gasteiger partial charge in [-0.15, -0.1) is 0 Å². The van der Waals surface area contributed by atoms with Gasteiger partial charge in [0.05, 0.1) is 0 Å². The Morgan fingerprint density at radius 2 is 1.90 bits per heavy atom. The van der Waals surface area contributed by atoms with Crippen molar-refractivity contribution in [2.45, 2.75) is 58.3 Å². The Morgan fingerprint density at radius 3 is 2.70 bits per heavy atom. The minimum Gasteiger partial charge on any atom is -0.299 e. The van der Waals surface area contributed by atoms with Crippen LogP contribution in [-0.4, -0.2) is 5.78 Å². The van der Waals surface area contributed by atoms with Crippen molar-refractivity contribution in [3.05, 3.63) is 35.4 Å². The van der Waals surface area contributed by atoms with E-state index in [2.05, 4.69) is 31.2 Å². The number of carbonyl (C=O) groups is 1. The predicted octanol–water partition coefficient (Wildman–Crippen LogP) is 4.71. The van der Waals surface area contributed by atoms with Gasteiger partial charge in [-0.1, -0.05) is 55.5 Å². The van der Waals surface area contributed by atoms with Crippen molar-refractivity contribution in [3.63, 3.8) is 0 Å². The first-order valence-corrected chi connectivity index (χ1v) is 8.30. The highest BCUT2D eigenvalue weighted by Gasteiger charge is 2.34. The minimum absolute atomic E-state index is 0.342. The number of aryl methyl sites for hydroxylation is 1. The van der Waals surface area contributed by atoms with Gasteiger partial charge in [0.15, 0.2) is 0 Å². The average molecular weight is 270 g/mol. The zero-order valence-electron chi connectivity index (χ0n) is 12.6. The van der Waals surface area contributed by atoms with Gasteiger partial charge in [0.2, 0.25) is 0 Å². The van der Waals surface area contributed by atoms with E-state index in [1.54, 1.807) is 0 Å². The Kier molecular flexibility index (Phi) is 4.24. The number of Topliss-reactive ketones (excluding diaryl/α,β-unsaturated/α-hetero) is 1. The monoisotopic (exact) mass is 270 g/mol. The summed E-state index contributed by atoms with van der Waals surface area (Å²) in [5, 5.41) is 0. The number of rotatable bonds is 3. The average Bonchev–Trinajstić information content (AvgIpc) is 2.47. The predicted molar refractivity (Wildman–Crippen MR) is 82.7 cm³/mol. The highest BCUT2D eigenvalue weighted by molar-refractivity contribution is 5.83. The summed E-state index contributed by atoms with van der Waals surface area (Å²) in [5.41, 5.74) is 2.45. The van der Waals surface area contributed by atoms with Gasteiger partial charge in [-0.2, -0.15) is 0 Å². The number of hydrogen-bond acceptors (Lipinski definition) is 1. The quantitative estimate of drug-likeness (QED) is 0.777. The molecule has 0 radical (unpaired) electrons. The van der Waals surface area contributed by atoms with Crippen molar-refractivity contribution in [2.75, 3.05) is 0 Å². The fourth-order valence-electron chi connectivity index (χ4n) is 4.33. The maximum absolute atomic E-state index is 12.6. The third-order valence-corrected chi connectivity index (χ3v) is 5.46. The molecular formula is C19H26O. The van der Waals surface area contributed by atoms with E-state index in [9.17, 15) is 4.79 Å². The molecule has 0 heterocycles. The second-order valence-electron chi connectivity index (χ2n) is 6.95. The molecule has 20 heavy (non-hydrogen) atoms. The molecule has 0 spiro atoms. The van der Waals surface area contributed by atoms with E-state index >= 15 is 0 Å². The van der Waals surface area contributed by atoms with Gasteiger partial charge in [0.1, 0.15) is 5.78 Å². The molecule has 0 aromatic heterocycles. The van der Waals surface area contributed by atoms with Crippen LogP contribution in [0.15, 0.2) is 24.3 Å². The van der Waals surface area contributed by atoms with Gasteiger partial charge in [0, 0.05) is 12.3 Å². The van der Waals surface area contributed by atoms with E-state index in [1.165, 1.54) is 49.7 Å². The van der Waals surface area contributed by atoms with Gasteiger partial charge in [-0.25, -0.2) is 0 Å². The summed E-state index contributed by atoms with van der Waals surface area (Å²) in [4.78, 5) is 12.6. The third-order valence-electron chi connectivity index (χ3n) is 5.46. The van der Waals surface area contributed by atoms with Crippen molar-refractivity contribution >= 4 is 5.78 Å². The largest absolute Gasteiger partial charge is 0.299 e. The molecule has 0 saturated heterocycles. The molecule has 0 N–H and O–H groups in total. The van der Waals surface area contributed by atoms with Gasteiger partial charge in [-0.05, 0) is 43.6 Å². The van der Waals surface area contributed by atoms with Crippen LogP contribution in [0.5, 0.6) is 0 Å². The molecule has 3 atom stereocenters. The van der Waals surface area contributed by atoms with E-state index in [0.717, 1.165) is 18.3 Å². The number of ketones is 1. The Morgan fingerprint density at radius 1 is 1.10 bits per heavy atom. The van der Waals surface area contributed by atoms with Crippen molar-refractivity contribution in [3.8, 4) is 0 Å². The molecule has 108 valence electrons. The van der Waals surface area contributed by atoms with E-state index < -0.39 is 0 Å². The van der Waals surface area contributed by atoms with Gasteiger partial charge >= 0.3 is 0 Å². The van der Waals surface area contributed by atoms with Crippen LogP contribution < -0.4 is 0 Å². The maximum Gasteiger partial charge on any atom is 0.140 e. The lowest BCUT2D eigenvalue weighted by molar-refractivity contribution is -0.124. The molecule has 1 heteroatoms. The number of fused-ring (bicyclic) bond motifs is 1. The second kappa shape index (κ2) is 6.11. The Bertz CT molecular complexity index is 476. The van der Waals surface area contributed by atoms with Crippen molar-refractivity contribution in [2.24, 2.45) is 17.8 Å². The summed E-state index contributed by atoms with van der Waals surface area (Å²) < 4.78 is 0. The summed E-state index contributed by atoms with van der Waals surface area (Å²) in [7, 11) is 0. The topological polar surface area (TPSA) is 17.1 Å². The summed E-state index contributed by atoms with van der Waals surface area (Å²) in [6.07, 6.45) is 9.87. The normalized spacial score (nSPS) is 29.8. The third kappa shape index (κ3) is 3.13. The Labute approximate surface area is 122 Å². The highest BCUT2D eigenvalue weighted by Crippen LogP contribution is 2.43. The van der Waals surface area contributed by atoms with Crippen molar-refractivity contribution in [1.82, 2.24) is 0 Å². The lowest BCUT2D eigenvalue weighted by Gasteiger charge is -2.38. The maximum atomic E-state index is 12.6. The molecule has 2 saturated carbocycles. The number of benzene rings is 1. The standard InChI is InChI=1S/C19H26O/c1-14-5-4-6-15(11-14)12-19(20)18-10-9-16-7-2-3-8-17(16)13-18/h4-6,11,16-18H,2-3,7-10,12-13H2,1H3. The molecule has 3 unspecified atom stereocenters. The van der Waals surface area contributed by atoms with Crippen LogP contribution in [0.25, 0.3) is 0 Å². The molecular weight excluding hydrogens is 244 g/mol. The molecule has 0 amide bonds. The zero-order valence-corrected chi connectivity index (χ0v) is 12.6. The highest BCUT2D eigenvalue weighted by atomic mass is 16.1. The van der Waals surface area contributed by atoms with Gasteiger partial charge < -0.3 is 0 Å². The fraction of sp³-hybridized carbons (Fsp3) is 0.632. The summed E-state index contributed by atoms with van der Waals surface area (Å²) >= 11 is 0.